The van der Waals surface area contributed by atoms with Crippen LogP contribution < -0.4 is 4.74 Å². The number of para-hydroxylation sites is 2. The molecule has 8 heteroatoms. The van der Waals surface area contributed by atoms with Gasteiger partial charge in [-0.05, 0) is 25.1 Å². The highest BCUT2D eigenvalue weighted by atomic mass is 32.2. The molecule has 0 saturated carbocycles. The van der Waals surface area contributed by atoms with E-state index in [2.05, 4.69) is 19.7 Å². The van der Waals surface area contributed by atoms with Crippen LogP contribution in [-0.4, -0.2) is 27.7 Å². The van der Waals surface area contributed by atoms with Crippen molar-refractivity contribution < 1.29 is 17.9 Å². The first kappa shape index (κ1) is 16.6. The number of benzene rings is 1. The third kappa shape index (κ3) is 3.64. The first-order chi connectivity index (χ1) is 11.5. The molecule has 1 unspecified atom stereocenters. The number of alkyl halides is 3. The van der Waals surface area contributed by atoms with Crippen molar-refractivity contribution in [2.45, 2.75) is 30.6 Å². The summed E-state index contributed by atoms with van der Waals surface area (Å²) in [5.41, 5.74) is 2.95. The molecule has 0 aliphatic carbocycles. The Morgan fingerprint density at radius 3 is 2.75 bits per heavy atom. The van der Waals surface area contributed by atoms with Crippen LogP contribution in [0, 0.1) is 6.92 Å². The van der Waals surface area contributed by atoms with Gasteiger partial charge < -0.3 is 9.72 Å². The number of nitrogens with zero attached hydrogens (tertiary/aromatic N) is 2. The standard InChI is InChI=1S/C16H14F3N3OS/c1-9-12(20-7-6-13(9)23-15(19)14(17)18)8-24-16-21-10-4-2-3-5-11(10)22-16/h2-7,14-15H,8H2,1H3,(H,21,22). The molecule has 0 spiro atoms. The number of hydrogen-bond acceptors (Lipinski definition) is 4. The molecule has 1 aromatic carbocycles. The van der Waals surface area contributed by atoms with E-state index in [0.717, 1.165) is 16.2 Å². The minimum Gasteiger partial charge on any atom is -0.454 e. The summed E-state index contributed by atoms with van der Waals surface area (Å²) in [7, 11) is 0. The molecule has 2 aromatic heterocycles. The number of rotatable bonds is 6. The Balaban J connectivity index is 1.73. The lowest BCUT2D eigenvalue weighted by Gasteiger charge is -2.14. The molecular weight excluding hydrogens is 339 g/mol. The first-order valence-electron chi connectivity index (χ1n) is 7.15. The molecule has 3 aromatic rings. The summed E-state index contributed by atoms with van der Waals surface area (Å²) in [4.78, 5) is 11.8. The zero-order valence-corrected chi connectivity index (χ0v) is 13.5. The Bertz CT molecular complexity index is 807. The van der Waals surface area contributed by atoms with Crippen LogP contribution in [-0.2, 0) is 5.75 Å². The van der Waals surface area contributed by atoms with Gasteiger partial charge in [0.05, 0.1) is 16.7 Å². The lowest BCUT2D eigenvalue weighted by Crippen LogP contribution is -2.20. The van der Waals surface area contributed by atoms with Crippen LogP contribution in [0.15, 0.2) is 41.7 Å². The van der Waals surface area contributed by atoms with Gasteiger partial charge in [-0.15, -0.1) is 0 Å². The molecule has 0 radical (unpaired) electrons. The van der Waals surface area contributed by atoms with Crippen molar-refractivity contribution in [1.82, 2.24) is 15.0 Å². The average molecular weight is 353 g/mol. The van der Waals surface area contributed by atoms with E-state index in [1.165, 1.54) is 24.0 Å². The zero-order valence-electron chi connectivity index (χ0n) is 12.7. The molecule has 0 bridgehead atoms. The second kappa shape index (κ2) is 7.12. The van der Waals surface area contributed by atoms with Crippen LogP contribution in [0.1, 0.15) is 11.3 Å². The number of halogens is 3. The van der Waals surface area contributed by atoms with Crippen molar-refractivity contribution in [3.63, 3.8) is 0 Å². The van der Waals surface area contributed by atoms with E-state index in [9.17, 15) is 13.2 Å². The van der Waals surface area contributed by atoms with Crippen molar-refractivity contribution in [2.75, 3.05) is 0 Å². The van der Waals surface area contributed by atoms with Gasteiger partial charge in [-0.1, -0.05) is 23.9 Å². The topological polar surface area (TPSA) is 50.8 Å². The van der Waals surface area contributed by atoms with Crippen molar-refractivity contribution in [1.29, 1.82) is 0 Å². The van der Waals surface area contributed by atoms with E-state index < -0.39 is 12.8 Å². The number of aromatic nitrogens is 3. The summed E-state index contributed by atoms with van der Waals surface area (Å²) < 4.78 is 42.3. The normalized spacial score (nSPS) is 12.7. The predicted octanol–water partition coefficient (Wildman–Crippen LogP) is 4.50. The van der Waals surface area contributed by atoms with Crippen LogP contribution in [0.5, 0.6) is 5.75 Å². The summed E-state index contributed by atoms with van der Waals surface area (Å²) in [5, 5.41) is 0.722. The van der Waals surface area contributed by atoms with E-state index in [4.69, 9.17) is 0 Å². The van der Waals surface area contributed by atoms with E-state index in [1.54, 1.807) is 6.92 Å². The largest absolute Gasteiger partial charge is 0.454 e. The minimum absolute atomic E-state index is 0.0676. The lowest BCUT2D eigenvalue weighted by molar-refractivity contribution is -0.0672. The summed E-state index contributed by atoms with van der Waals surface area (Å²) in [6, 6.07) is 9.02. The van der Waals surface area contributed by atoms with Crippen molar-refractivity contribution >= 4 is 22.8 Å². The number of nitrogens with one attached hydrogen (secondary N) is 1. The maximum atomic E-state index is 13.1. The van der Waals surface area contributed by atoms with Crippen molar-refractivity contribution in [3.8, 4) is 5.75 Å². The molecule has 4 nitrogen and oxygen atoms in total. The summed E-state index contributed by atoms with van der Waals surface area (Å²) >= 11 is 1.42. The number of pyridine rings is 1. The van der Waals surface area contributed by atoms with Gasteiger partial charge in [-0.25, -0.2) is 13.8 Å². The van der Waals surface area contributed by atoms with E-state index in [0.29, 0.717) is 17.0 Å². The molecule has 1 N–H and O–H groups in total. The quantitative estimate of drug-likeness (QED) is 0.663. The number of imidazole rings is 1. The SMILES string of the molecule is Cc1c(OC(F)C(F)F)ccnc1CSc1nc2ccccc2[nH]1. The van der Waals surface area contributed by atoms with Gasteiger partial charge in [-0.2, -0.15) is 4.39 Å². The molecule has 0 aliphatic rings. The zero-order chi connectivity index (χ0) is 17.1. The van der Waals surface area contributed by atoms with Crippen LogP contribution in [0.2, 0.25) is 0 Å². The summed E-state index contributed by atoms with van der Waals surface area (Å²) in [6.07, 6.45) is -4.43. The number of aromatic amines is 1. The Morgan fingerprint density at radius 1 is 1.21 bits per heavy atom. The van der Waals surface area contributed by atoms with Crippen LogP contribution in [0.4, 0.5) is 13.2 Å². The Labute approximate surface area is 140 Å². The van der Waals surface area contributed by atoms with E-state index >= 15 is 0 Å². The Kier molecular flexibility index (Phi) is 4.94. The third-order valence-electron chi connectivity index (χ3n) is 3.41. The van der Waals surface area contributed by atoms with Crippen LogP contribution >= 0.6 is 11.8 Å². The molecule has 0 fully saturated rings. The van der Waals surface area contributed by atoms with Gasteiger partial charge in [0.15, 0.2) is 5.16 Å². The minimum atomic E-state index is -3.19. The maximum Gasteiger partial charge on any atom is 0.304 e. The highest BCUT2D eigenvalue weighted by Gasteiger charge is 2.22. The molecular formula is C16H14F3N3OS. The van der Waals surface area contributed by atoms with Crippen LogP contribution in [0.3, 0.4) is 0 Å². The number of fused-ring (bicyclic) bond motifs is 1. The monoisotopic (exact) mass is 353 g/mol. The highest BCUT2D eigenvalue weighted by Crippen LogP contribution is 2.28. The number of hydrogen-bond donors (Lipinski definition) is 1. The molecule has 2 heterocycles. The van der Waals surface area contributed by atoms with Gasteiger partial charge in [-0.3, -0.25) is 4.98 Å². The molecule has 24 heavy (non-hydrogen) atoms. The maximum absolute atomic E-state index is 13.1. The fourth-order valence-corrected chi connectivity index (χ4v) is 3.05. The third-order valence-corrected chi connectivity index (χ3v) is 4.29. The number of H-pyrrole nitrogens is 1. The molecule has 0 amide bonds. The fourth-order valence-electron chi connectivity index (χ4n) is 2.14. The van der Waals surface area contributed by atoms with E-state index in [1.807, 2.05) is 24.3 Å². The first-order valence-corrected chi connectivity index (χ1v) is 8.14. The Hall–Kier alpha value is -2.22. The molecule has 0 saturated heterocycles. The molecule has 1 atom stereocenters. The highest BCUT2D eigenvalue weighted by molar-refractivity contribution is 7.98. The van der Waals surface area contributed by atoms with Gasteiger partial charge in [0.25, 0.3) is 6.36 Å². The Morgan fingerprint density at radius 2 is 2.00 bits per heavy atom. The second-order valence-electron chi connectivity index (χ2n) is 5.03. The van der Waals surface area contributed by atoms with Crippen molar-refractivity contribution in [3.05, 3.63) is 47.8 Å². The van der Waals surface area contributed by atoms with Gasteiger partial charge in [0.2, 0.25) is 0 Å². The molecule has 0 aliphatic heterocycles. The second-order valence-corrected chi connectivity index (χ2v) is 6.00. The predicted molar refractivity (Wildman–Crippen MR) is 86.2 cm³/mol. The molecule has 126 valence electrons. The van der Waals surface area contributed by atoms with Gasteiger partial charge >= 0.3 is 6.43 Å². The van der Waals surface area contributed by atoms with Gasteiger partial charge in [0.1, 0.15) is 5.75 Å². The summed E-state index contributed by atoms with van der Waals surface area (Å²) in [5.74, 6) is 0.520. The van der Waals surface area contributed by atoms with E-state index in [-0.39, 0.29) is 5.75 Å². The summed E-state index contributed by atoms with van der Waals surface area (Å²) in [6.45, 7) is 1.66. The average Bonchev–Trinajstić information content (AvgIpc) is 2.98. The number of thioether (sulfide) groups is 1. The molecule has 3 rings (SSSR count). The van der Waals surface area contributed by atoms with Crippen molar-refractivity contribution in [2.24, 2.45) is 0 Å². The lowest BCUT2D eigenvalue weighted by atomic mass is 10.2. The number of ether oxygens (including phenoxy) is 1. The van der Waals surface area contributed by atoms with Gasteiger partial charge in [0, 0.05) is 17.5 Å². The fraction of sp³-hybridized carbons (Fsp3) is 0.250. The van der Waals surface area contributed by atoms with Crippen LogP contribution in [0.25, 0.3) is 11.0 Å². The smallest absolute Gasteiger partial charge is 0.304 e.